The maximum Gasteiger partial charge on any atom is 0.304 e. The summed E-state index contributed by atoms with van der Waals surface area (Å²) < 4.78 is 13.4. The molecule has 7 heteroatoms. The molecule has 0 heterocycles. The van der Waals surface area contributed by atoms with E-state index in [1.54, 1.807) is 24.3 Å². The molecule has 0 aliphatic rings. The molecule has 0 saturated carbocycles. The molecule has 1 amide bonds. The molecule has 2 aromatic rings. The van der Waals surface area contributed by atoms with E-state index in [-0.39, 0.29) is 0 Å². The molecule has 21 heavy (non-hydrogen) atoms. The summed E-state index contributed by atoms with van der Waals surface area (Å²) >= 11 is 0. The van der Waals surface area contributed by atoms with Gasteiger partial charge in [-0.1, -0.05) is 6.07 Å². The number of nitrogens with two attached hydrogens (primary N) is 1. The number of carbonyl (C=O) groups is 1. The van der Waals surface area contributed by atoms with Crippen molar-refractivity contribution < 1.29 is 14.1 Å². The predicted octanol–water partition coefficient (Wildman–Crippen LogP) is 2.44. The van der Waals surface area contributed by atoms with Gasteiger partial charge in [0.25, 0.3) is 0 Å². The van der Waals surface area contributed by atoms with Crippen LogP contribution in [0.15, 0.2) is 42.5 Å². The van der Waals surface area contributed by atoms with Gasteiger partial charge in [0.1, 0.15) is 0 Å². The minimum Gasteiger partial charge on any atom is -0.381 e. The van der Waals surface area contributed by atoms with Gasteiger partial charge in [-0.05, 0) is 35.9 Å². The maximum absolute atomic E-state index is 13.4. The van der Waals surface area contributed by atoms with Crippen LogP contribution in [0.2, 0.25) is 0 Å². The van der Waals surface area contributed by atoms with Gasteiger partial charge in [0.05, 0.1) is 4.92 Å². The second-order valence-corrected chi connectivity index (χ2v) is 4.34. The van der Waals surface area contributed by atoms with Crippen LogP contribution in [0.4, 0.5) is 15.8 Å². The first-order valence-electron chi connectivity index (χ1n) is 6.04. The standard InChI is InChI=1S/C14H12FN3O3/c15-12-7-9(1-6-13(12)18(20)21)8-17-11-4-2-10(3-5-11)14(16)19/h1-7,17H,8H2,(H2,16,19). The summed E-state index contributed by atoms with van der Waals surface area (Å²) in [4.78, 5) is 20.7. The molecule has 6 nitrogen and oxygen atoms in total. The summed E-state index contributed by atoms with van der Waals surface area (Å²) in [7, 11) is 0. The molecule has 2 rings (SSSR count). The number of primary amides is 1. The number of benzene rings is 2. The average molecular weight is 289 g/mol. The topological polar surface area (TPSA) is 98.3 Å². The van der Waals surface area contributed by atoms with Crippen molar-refractivity contribution >= 4 is 17.3 Å². The van der Waals surface area contributed by atoms with E-state index < -0.39 is 22.3 Å². The number of nitrogens with one attached hydrogen (secondary N) is 1. The van der Waals surface area contributed by atoms with Crippen LogP contribution >= 0.6 is 0 Å². The Morgan fingerprint density at radius 1 is 1.24 bits per heavy atom. The summed E-state index contributed by atoms with van der Waals surface area (Å²) in [5, 5.41) is 13.5. The Bertz CT molecular complexity index is 686. The highest BCUT2D eigenvalue weighted by molar-refractivity contribution is 5.93. The molecule has 0 bridgehead atoms. The van der Waals surface area contributed by atoms with Gasteiger partial charge in [0, 0.05) is 23.9 Å². The minimum atomic E-state index is -0.872. The largest absolute Gasteiger partial charge is 0.381 e. The first-order valence-corrected chi connectivity index (χ1v) is 6.04. The Labute approximate surface area is 119 Å². The number of hydrogen-bond donors (Lipinski definition) is 2. The zero-order valence-corrected chi connectivity index (χ0v) is 10.9. The Balaban J connectivity index is 2.04. The fraction of sp³-hybridized carbons (Fsp3) is 0.0714. The van der Waals surface area contributed by atoms with Crippen LogP contribution in [-0.4, -0.2) is 10.8 Å². The van der Waals surface area contributed by atoms with Crippen molar-refractivity contribution in [2.24, 2.45) is 5.73 Å². The number of anilines is 1. The van der Waals surface area contributed by atoms with Crippen LogP contribution in [0.1, 0.15) is 15.9 Å². The molecule has 0 aromatic heterocycles. The van der Waals surface area contributed by atoms with Crippen LogP contribution < -0.4 is 11.1 Å². The molecule has 0 fully saturated rings. The van der Waals surface area contributed by atoms with Crippen LogP contribution in [0.3, 0.4) is 0 Å². The molecule has 0 aliphatic carbocycles. The van der Waals surface area contributed by atoms with E-state index in [1.807, 2.05) is 0 Å². The molecule has 0 aliphatic heterocycles. The summed E-state index contributed by atoms with van der Waals surface area (Å²) in [6.07, 6.45) is 0. The van der Waals surface area contributed by atoms with Gasteiger partial charge >= 0.3 is 5.69 Å². The quantitative estimate of drug-likeness (QED) is 0.652. The van der Waals surface area contributed by atoms with Crippen molar-refractivity contribution in [3.05, 3.63) is 69.5 Å². The zero-order chi connectivity index (χ0) is 15.4. The molecule has 0 atom stereocenters. The highest BCUT2D eigenvalue weighted by atomic mass is 19.1. The van der Waals surface area contributed by atoms with Crippen LogP contribution in [0, 0.1) is 15.9 Å². The van der Waals surface area contributed by atoms with E-state index in [0.29, 0.717) is 17.7 Å². The van der Waals surface area contributed by atoms with Gasteiger partial charge < -0.3 is 11.1 Å². The van der Waals surface area contributed by atoms with Gasteiger partial charge in [-0.15, -0.1) is 0 Å². The monoisotopic (exact) mass is 289 g/mol. The number of hydrogen-bond acceptors (Lipinski definition) is 4. The molecule has 3 N–H and O–H groups in total. The Morgan fingerprint density at radius 3 is 2.43 bits per heavy atom. The predicted molar refractivity (Wildman–Crippen MR) is 75.3 cm³/mol. The molecular formula is C14H12FN3O3. The Hall–Kier alpha value is -2.96. The van der Waals surface area contributed by atoms with Gasteiger partial charge in [-0.25, -0.2) is 0 Å². The number of nitro groups is 1. The molecule has 0 spiro atoms. The third-order valence-corrected chi connectivity index (χ3v) is 2.87. The van der Waals surface area contributed by atoms with Gasteiger partial charge in [0.2, 0.25) is 11.7 Å². The molecule has 0 unspecified atom stereocenters. The fourth-order valence-electron chi connectivity index (χ4n) is 1.76. The number of nitrogens with zero attached hydrogens (tertiary/aromatic N) is 1. The van der Waals surface area contributed by atoms with Crippen molar-refractivity contribution in [1.82, 2.24) is 0 Å². The van der Waals surface area contributed by atoms with Crippen molar-refractivity contribution in [2.75, 3.05) is 5.32 Å². The van der Waals surface area contributed by atoms with Crippen molar-refractivity contribution in [2.45, 2.75) is 6.54 Å². The number of nitro benzene ring substituents is 1. The first kappa shape index (κ1) is 14.4. The molecule has 108 valence electrons. The highest BCUT2D eigenvalue weighted by Crippen LogP contribution is 2.19. The lowest BCUT2D eigenvalue weighted by Gasteiger charge is -2.07. The Morgan fingerprint density at radius 2 is 1.90 bits per heavy atom. The third-order valence-electron chi connectivity index (χ3n) is 2.87. The minimum absolute atomic E-state index is 0.296. The lowest BCUT2D eigenvalue weighted by Crippen LogP contribution is -2.10. The number of amides is 1. The van der Waals surface area contributed by atoms with Crippen molar-refractivity contribution in [3.8, 4) is 0 Å². The molecular weight excluding hydrogens is 277 g/mol. The average Bonchev–Trinajstić information content (AvgIpc) is 2.45. The number of halogens is 1. The van der Waals surface area contributed by atoms with E-state index in [9.17, 15) is 19.3 Å². The second kappa shape index (κ2) is 6.00. The number of rotatable bonds is 5. The van der Waals surface area contributed by atoms with E-state index in [0.717, 1.165) is 17.8 Å². The van der Waals surface area contributed by atoms with Gasteiger partial charge in [-0.2, -0.15) is 4.39 Å². The maximum atomic E-state index is 13.4. The summed E-state index contributed by atoms with van der Waals surface area (Å²) in [6, 6.07) is 10.2. The zero-order valence-electron chi connectivity index (χ0n) is 10.9. The summed E-state index contributed by atoms with van der Waals surface area (Å²) in [5.41, 5.74) is 6.26. The Kier molecular flexibility index (Phi) is 4.13. The second-order valence-electron chi connectivity index (χ2n) is 4.34. The lowest BCUT2D eigenvalue weighted by atomic mass is 10.1. The smallest absolute Gasteiger partial charge is 0.304 e. The summed E-state index contributed by atoms with van der Waals surface area (Å²) in [5.74, 6) is -1.39. The highest BCUT2D eigenvalue weighted by Gasteiger charge is 2.13. The van der Waals surface area contributed by atoms with Crippen LogP contribution in [0.25, 0.3) is 0 Å². The van der Waals surface area contributed by atoms with E-state index in [4.69, 9.17) is 5.73 Å². The SMILES string of the molecule is NC(=O)c1ccc(NCc2ccc([N+](=O)[O-])c(F)c2)cc1. The van der Waals surface area contributed by atoms with Crippen molar-refractivity contribution in [3.63, 3.8) is 0 Å². The van der Waals surface area contributed by atoms with E-state index in [2.05, 4.69) is 5.32 Å². The van der Waals surface area contributed by atoms with Gasteiger partial charge in [0.15, 0.2) is 0 Å². The van der Waals surface area contributed by atoms with E-state index >= 15 is 0 Å². The molecule has 2 aromatic carbocycles. The first-order chi connectivity index (χ1) is 9.97. The molecule has 0 saturated heterocycles. The van der Waals surface area contributed by atoms with Crippen LogP contribution in [-0.2, 0) is 6.54 Å². The van der Waals surface area contributed by atoms with Gasteiger partial charge in [-0.3, -0.25) is 14.9 Å². The third kappa shape index (κ3) is 3.53. The van der Waals surface area contributed by atoms with Crippen molar-refractivity contribution in [1.29, 1.82) is 0 Å². The lowest BCUT2D eigenvalue weighted by molar-refractivity contribution is -0.387. The van der Waals surface area contributed by atoms with Crippen LogP contribution in [0.5, 0.6) is 0 Å². The molecule has 0 radical (unpaired) electrons. The fourth-order valence-corrected chi connectivity index (χ4v) is 1.76. The number of carbonyl (C=O) groups excluding carboxylic acids is 1. The van der Waals surface area contributed by atoms with E-state index in [1.165, 1.54) is 6.07 Å². The normalized spacial score (nSPS) is 10.1. The summed E-state index contributed by atoms with van der Waals surface area (Å²) in [6.45, 7) is 0.296.